The minimum Gasteiger partial charge on any atom is -0.459 e. The molecule has 3 rings (SSSR count). The third-order valence-electron chi connectivity index (χ3n) is 5.58. The molecule has 26 heavy (non-hydrogen) atoms. The van der Waals surface area contributed by atoms with Crippen molar-refractivity contribution in [1.82, 2.24) is 9.38 Å². The first kappa shape index (κ1) is 18.6. The summed E-state index contributed by atoms with van der Waals surface area (Å²) in [5.41, 5.74) is 2.06. The molecule has 0 bridgehead atoms. The second-order valence-corrected chi connectivity index (χ2v) is 8.47. The maximum atomic E-state index is 12.4. The lowest BCUT2D eigenvalue weighted by Crippen LogP contribution is -2.29. The summed E-state index contributed by atoms with van der Waals surface area (Å²) < 4.78 is 7.03. The molecule has 1 aliphatic carbocycles. The van der Waals surface area contributed by atoms with Crippen molar-refractivity contribution < 1.29 is 9.53 Å². The predicted molar refractivity (Wildman–Crippen MR) is 101 cm³/mol. The standard InChI is InChI=1S/C21H28N2O3/c1-14-6-5-7-18-22-17(12-19(24)23(14)18)13-26-20(25)15-8-10-16(11-9-15)21(2,3)4/h5-7,12,15-16H,8-11,13H2,1-4H3. The monoisotopic (exact) mass is 356 g/mol. The lowest BCUT2D eigenvalue weighted by atomic mass is 9.70. The number of fused-ring (bicyclic) bond motifs is 1. The average molecular weight is 356 g/mol. The summed E-state index contributed by atoms with van der Waals surface area (Å²) in [6.07, 6.45) is 3.90. The first-order chi connectivity index (χ1) is 12.3. The summed E-state index contributed by atoms with van der Waals surface area (Å²) in [5.74, 6) is 0.470. The molecule has 5 nitrogen and oxygen atoms in total. The lowest BCUT2D eigenvalue weighted by molar-refractivity contribution is -0.151. The van der Waals surface area contributed by atoms with Crippen molar-refractivity contribution in [2.45, 2.75) is 60.0 Å². The minimum absolute atomic E-state index is 0.0302. The summed E-state index contributed by atoms with van der Waals surface area (Å²) in [6, 6.07) is 6.96. The van der Waals surface area contributed by atoms with Crippen molar-refractivity contribution in [3.05, 3.63) is 46.0 Å². The zero-order valence-electron chi connectivity index (χ0n) is 16.1. The van der Waals surface area contributed by atoms with E-state index in [0.29, 0.717) is 22.7 Å². The van der Waals surface area contributed by atoms with Gasteiger partial charge in [-0.1, -0.05) is 26.8 Å². The third kappa shape index (κ3) is 3.97. The molecule has 140 valence electrons. The quantitative estimate of drug-likeness (QED) is 0.783. The van der Waals surface area contributed by atoms with Crippen LogP contribution < -0.4 is 5.56 Å². The fraction of sp³-hybridized carbons (Fsp3) is 0.571. The molecule has 2 aromatic rings. The van der Waals surface area contributed by atoms with Crippen molar-refractivity contribution in [2.24, 2.45) is 17.3 Å². The molecule has 0 atom stereocenters. The van der Waals surface area contributed by atoms with E-state index < -0.39 is 0 Å². The van der Waals surface area contributed by atoms with Crippen molar-refractivity contribution >= 4 is 11.6 Å². The molecular formula is C21H28N2O3. The van der Waals surface area contributed by atoms with Crippen LogP contribution in [0.4, 0.5) is 0 Å². The van der Waals surface area contributed by atoms with Crippen LogP contribution in [0.1, 0.15) is 57.8 Å². The van der Waals surface area contributed by atoms with Crippen LogP contribution >= 0.6 is 0 Å². The third-order valence-corrected chi connectivity index (χ3v) is 5.58. The van der Waals surface area contributed by atoms with Crippen molar-refractivity contribution in [3.63, 3.8) is 0 Å². The molecule has 0 spiro atoms. The van der Waals surface area contributed by atoms with E-state index in [0.717, 1.165) is 31.4 Å². The van der Waals surface area contributed by atoms with Crippen molar-refractivity contribution in [2.75, 3.05) is 0 Å². The number of esters is 1. The number of hydrogen-bond donors (Lipinski definition) is 0. The molecule has 1 saturated carbocycles. The summed E-state index contributed by atoms with van der Waals surface area (Å²) in [6.45, 7) is 8.72. The highest BCUT2D eigenvalue weighted by molar-refractivity contribution is 5.72. The van der Waals surface area contributed by atoms with Gasteiger partial charge in [-0.15, -0.1) is 0 Å². The Hall–Kier alpha value is -2.17. The average Bonchev–Trinajstić information content (AvgIpc) is 2.59. The molecule has 0 N–H and O–H groups in total. The number of ether oxygens (including phenoxy) is 1. The smallest absolute Gasteiger partial charge is 0.309 e. The highest BCUT2D eigenvalue weighted by Gasteiger charge is 2.33. The second-order valence-electron chi connectivity index (χ2n) is 8.47. The van der Waals surface area contributed by atoms with Gasteiger partial charge in [-0.2, -0.15) is 0 Å². The maximum absolute atomic E-state index is 12.4. The van der Waals surface area contributed by atoms with Gasteiger partial charge < -0.3 is 4.74 Å². The summed E-state index contributed by atoms with van der Waals surface area (Å²) in [5, 5.41) is 0. The van der Waals surface area contributed by atoms with Crippen LogP contribution in [0, 0.1) is 24.2 Å². The number of hydrogen-bond acceptors (Lipinski definition) is 4. The molecular weight excluding hydrogens is 328 g/mol. The van der Waals surface area contributed by atoms with Crippen LogP contribution in [0.2, 0.25) is 0 Å². The molecule has 0 saturated heterocycles. The largest absolute Gasteiger partial charge is 0.459 e. The van der Waals surface area contributed by atoms with Gasteiger partial charge in [0.2, 0.25) is 0 Å². The number of aromatic nitrogens is 2. The van der Waals surface area contributed by atoms with Gasteiger partial charge in [0.1, 0.15) is 12.3 Å². The Bertz CT molecular complexity index is 856. The van der Waals surface area contributed by atoms with Crippen molar-refractivity contribution in [1.29, 1.82) is 0 Å². The molecule has 0 amide bonds. The summed E-state index contributed by atoms with van der Waals surface area (Å²) in [7, 11) is 0. The van der Waals surface area contributed by atoms with Crippen LogP contribution in [0.3, 0.4) is 0 Å². The Morgan fingerprint density at radius 3 is 2.58 bits per heavy atom. The number of pyridine rings is 1. The van der Waals surface area contributed by atoms with Gasteiger partial charge in [0.15, 0.2) is 0 Å². The first-order valence-electron chi connectivity index (χ1n) is 9.40. The minimum atomic E-state index is -0.163. The molecule has 2 heterocycles. The molecule has 0 aromatic carbocycles. The first-order valence-corrected chi connectivity index (χ1v) is 9.40. The summed E-state index contributed by atoms with van der Waals surface area (Å²) in [4.78, 5) is 29.1. The highest BCUT2D eigenvalue weighted by Crippen LogP contribution is 2.40. The van der Waals surface area contributed by atoms with E-state index in [2.05, 4.69) is 25.8 Å². The Morgan fingerprint density at radius 1 is 1.23 bits per heavy atom. The normalized spacial score (nSPS) is 20.9. The second kappa shape index (κ2) is 7.22. The van der Waals surface area contributed by atoms with Crippen LogP contribution in [0.5, 0.6) is 0 Å². The van der Waals surface area contributed by atoms with Crippen molar-refractivity contribution in [3.8, 4) is 0 Å². The zero-order chi connectivity index (χ0) is 18.9. The Morgan fingerprint density at radius 2 is 1.92 bits per heavy atom. The maximum Gasteiger partial charge on any atom is 0.309 e. The number of rotatable bonds is 3. The van der Waals surface area contributed by atoms with E-state index >= 15 is 0 Å². The van der Waals surface area contributed by atoms with E-state index in [1.807, 2.05) is 19.1 Å². The SMILES string of the molecule is Cc1cccc2nc(COC(=O)C3CCC(C(C)(C)C)CC3)cc(=O)n12. The van der Waals surface area contributed by atoms with E-state index in [4.69, 9.17) is 4.74 Å². The van der Waals surface area contributed by atoms with Crippen LogP contribution in [-0.4, -0.2) is 15.4 Å². The number of carbonyl (C=O) groups excluding carboxylic acids is 1. The van der Waals surface area contributed by atoms with Crippen LogP contribution in [0.25, 0.3) is 5.65 Å². The van der Waals surface area contributed by atoms with Gasteiger partial charge in [0, 0.05) is 11.8 Å². The van der Waals surface area contributed by atoms with Gasteiger partial charge in [0.25, 0.3) is 5.56 Å². The molecule has 0 aliphatic heterocycles. The Balaban J connectivity index is 1.62. The fourth-order valence-electron chi connectivity index (χ4n) is 3.90. The fourth-order valence-corrected chi connectivity index (χ4v) is 3.90. The molecule has 1 aliphatic rings. The number of carbonyl (C=O) groups is 1. The molecule has 0 unspecified atom stereocenters. The molecule has 1 fully saturated rings. The van der Waals surface area contributed by atoms with E-state index in [-0.39, 0.29) is 24.1 Å². The predicted octanol–water partition coefficient (Wildman–Crippen LogP) is 3.90. The van der Waals surface area contributed by atoms with E-state index in [1.165, 1.54) is 6.07 Å². The van der Waals surface area contributed by atoms with Gasteiger partial charge in [-0.05, 0) is 56.1 Å². The number of nitrogens with zero attached hydrogens (tertiary/aromatic N) is 2. The Labute approximate surface area is 154 Å². The molecule has 5 heteroatoms. The number of aryl methyl sites for hydroxylation is 1. The lowest BCUT2D eigenvalue weighted by Gasteiger charge is -2.36. The van der Waals surface area contributed by atoms with E-state index in [9.17, 15) is 9.59 Å². The van der Waals surface area contributed by atoms with Gasteiger partial charge in [0.05, 0.1) is 11.6 Å². The molecule has 2 aromatic heterocycles. The van der Waals surface area contributed by atoms with Gasteiger partial charge in [-0.25, -0.2) is 4.98 Å². The Kier molecular flexibility index (Phi) is 5.17. The zero-order valence-corrected chi connectivity index (χ0v) is 16.1. The summed E-state index contributed by atoms with van der Waals surface area (Å²) >= 11 is 0. The van der Waals surface area contributed by atoms with Gasteiger partial charge >= 0.3 is 5.97 Å². The van der Waals surface area contributed by atoms with Crippen LogP contribution in [0.15, 0.2) is 29.1 Å². The van der Waals surface area contributed by atoms with E-state index in [1.54, 1.807) is 10.5 Å². The van der Waals surface area contributed by atoms with Gasteiger partial charge in [-0.3, -0.25) is 14.0 Å². The molecule has 0 radical (unpaired) electrons. The highest BCUT2D eigenvalue weighted by atomic mass is 16.5. The topological polar surface area (TPSA) is 60.7 Å². The van der Waals surface area contributed by atoms with Crippen LogP contribution in [-0.2, 0) is 16.1 Å².